The second-order valence-corrected chi connectivity index (χ2v) is 15.3. The predicted molar refractivity (Wildman–Crippen MR) is 198 cm³/mol. The van der Waals surface area contributed by atoms with Crippen molar-refractivity contribution in [2.24, 2.45) is 0 Å². The highest BCUT2D eigenvalue weighted by Crippen LogP contribution is 2.42. The van der Waals surface area contributed by atoms with Crippen molar-refractivity contribution < 1.29 is 37.6 Å². The third-order valence-corrected chi connectivity index (χ3v) is 10.0. The third-order valence-electron chi connectivity index (χ3n) is 9.10. The van der Waals surface area contributed by atoms with E-state index in [1.165, 1.54) is 148 Å². The van der Waals surface area contributed by atoms with E-state index in [1.54, 1.807) is 0 Å². The first kappa shape index (κ1) is 47.0. The fourth-order valence-corrected chi connectivity index (χ4v) is 6.41. The quantitative estimate of drug-likeness (QED) is 0.0384. The molecule has 0 aliphatic heterocycles. The molecule has 0 heterocycles. The first-order chi connectivity index (χ1) is 23.3. The first-order valence-electron chi connectivity index (χ1n) is 20.2. The Morgan fingerprint density at radius 3 is 1.15 bits per heavy atom. The van der Waals surface area contributed by atoms with Crippen LogP contribution in [0.2, 0.25) is 0 Å². The number of phosphoric acid groups is 1. The summed E-state index contributed by atoms with van der Waals surface area (Å²) in [6.07, 6.45) is 35.9. The zero-order valence-corrected chi connectivity index (χ0v) is 32.6. The molecule has 0 spiro atoms. The molecule has 0 bridgehead atoms. The minimum atomic E-state index is -4.25. The van der Waals surface area contributed by atoms with Gasteiger partial charge in [0.2, 0.25) is 0 Å². The van der Waals surface area contributed by atoms with Gasteiger partial charge in [0.25, 0.3) is 0 Å². The molecule has 0 fully saturated rings. The predicted octanol–water partition coefficient (Wildman–Crippen LogP) is 12.3. The van der Waals surface area contributed by atoms with E-state index in [0.29, 0.717) is 6.42 Å². The van der Waals surface area contributed by atoms with Crippen LogP contribution in [0.5, 0.6) is 0 Å². The average molecular weight is 705 g/mol. The molecule has 0 rings (SSSR count). The van der Waals surface area contributed by atoms with Crippen LogP contribution in [-0.4, -0.2) is 43.3 Å². The summed E-state index contributed by atoms with van der Waals surface area (Å²) in [5.74, 6) is -0.792. The molecular formula is C39H77O8P. The van der Waals surface area contributed by atoms with Gasteiger partial charge in [-0.2, -0.15) is 0 Å². The lowest BCUT2D eigenvalue weighted by Crippen LogP contribution is -2.29. The van der Waals surface area contributed by atoms with Gasteiger partial charge in [-0.05, 0) is 12.8 Å². The van der Waals surface area contributed by atoms with Crippen molar-refractivity contribution in [3.05, 3.63) is 0 Å². The van der Waals surface area contributed by atoms with Gasteiger partial charge < -0.3 is 14.4 Å². The molecule has 286 valence electrons. The van der Waals surface area contributed by atoms with Gasteiger partial charge in [-0.15, -0.1) is 0 Å². The molecule has 0 aliphatic carbocycles. The zero-order chi connectivity index (χ0) is 35.4. The molecule has 2 unspecified atom stereocenters. The van der Waals surface area contributed by atoms with Crippen molar-refractivity contribution in [2.75, 3.05) is 20.3 Å². The molecule has 0 aromatic carbocycles. The highest BCUT2D eigenvalue weighted by molar-refractivity contribution is 7.47. The summed E-state index contributed by atoms with van der Waals surface area (Å²) in [5, 5.41) is 0. The Labute approximate surface area is 296 Å². The number of phosphoric ester groups is 1. The summed E-state index contributed by atoms with van der Waals surface area (Å²) in [7, 11) is -3.18. The molecule has 8 nitrogen and oxygen atoms in total. The van der Waals surface area contributed by atoms with Crippen LogP contribution >= 0.6 is 7.82 Å². The van der Waals surface area contributed by atoms with E-state index in [9.17, 15) is 19.0 Å². The van der Waals surface area contributed by atoms with Gasteiger partial charge >= 0.3 is 19.8 Å². The largest absolute Gasteiger partial charge is 0.472 e. The number of unbranched alkanes of at least 4 members (excludes halogenated alkanes) is 27. The Kier molecular flexibility index (Phi) is 35.2. The van der Waals surface area contributed by atoms with Crippen molar-refractivity contribution in [3.8, 4) is 0 Å². The lowest BCUT2D eigenvalue weighted by atomic mass is 10.0. The normalized spacial score (nSPS) is 13.3. The number of ether oxygens (including phenoxy) is 2. The Morgan fingerprint density at radius 2 is 0.812 bits per heavy atom. The number of hydrogen-bond donors (Lipinski definition) is 1. The van der Waals surface area contributed by atoms with Crippen LogP contribution < -0.4 is 0 Å². The van der Waals surface area contributed by atoms with E-state index in [4.69, 9.17) is 14.0 Å². The molecule has 0 aliphatic rings. The van der Waals surface area contributed by atoms with Crippen molar-refractivity contribution >= 4 is 19.8 Å². The average Bonchev–Trinajstić information content (AvgIpc) is 3.07. The maximum absolute atomic E-state index is 12.5. The van der Waals surface area contributed by atoms with Crippen molar-refractivity contribution in [2.45, 2.75) is 219 Å². The van der Waals surface area contributed by atoms with E-state index in [2.05, 4.69) is 18.4 Å². The molecule has 9 heteroatoms. The standard InChI is InChI=1S/C39H77O8P/c1-4-6-8-10-12-14-16-17-18-19-20-21-22-23-24-26-28-30-32-34-39(41)47-37(36-46-48(42,43)44-3)35-45-38(40)33-31-29-27-25-15-13-11-9-7-5-2/h37H,4-36H2,1-3H3,(H,42,43). The summed E-state index contributed by atoms with van der Waals surface area (Å²) in [4.78, 5) is 34.3. The van der Waals surface area contributed by atoms with Crippen LogP contribution in [-0.2, 0) is 32.7 Å². The van der Waals surface area contributed by atoms with Gasteiger partial charge in [0.15, 0.2) is 6.10 Å². The molecule has 0 amide bonds. The Morgan fingerprint density at radius 1 is 0.500 bits per heavy atom. The van der Waals surface area contributed by atoms with E-state index >= 15 is 0 Å². The molecule has 0 saturated carbocycles. The van der Waals surface area contributed by atoms with E-state index in [1.807, 2.05) is 0 Å². The Balaban J connectivity index is 3.93. The summed E-state index contributed by atoms with van der Waals surface area (Å²) in [5.41, 5.74) is 0. The SMILES string of the molecule is CCCCCCCCCCCCCCCCCCCCCC(=O)OC(COC(=O)CCCCCCCCCCCC)COP(=O)(O)OC. The van der Waals surface area contributed by atoms with E-state index in [0.717, 1.165) is 45.6 Å². The van der Waals surface area contributed by atoms with Crippen molar-refractivity contribution in [1.82, 2.24) is 0 Å². The highest BCUT2D eigenvalue weighted by atomic mass is 31.2. The van der Waals surface area contributed by atoms with Gasteiger partial charge in [0.05, 0.1) is 6.61 Å². The Hall–Kier alpha value is -0.950. The van der Waals surface area contributed by atoms with Crippen LogP contribution in [0.25, 0.3) is 0 Å². The molecule has 0 saturated heterocycles. The first-order valence-corrected chi connectivity index (χ1v) is 21.7. The number of esters is 2. The molecule has 2 atom stereocenters. The molecule has 0 aromatic heterocycles. The van der Waals surface area contributed by atoms with Crippen LogP contribution in [0.1, 0.15) is 213 Å². The van der Waals surface area contributed by atoms with Crippen LogP contribution in [0.3, 0.4) is 0 Å². The highest BCUT2D eigenvalue weighted by Gasteiger charge is 2.24. The topological polar surface area (TPSA) is 108 Å². The number of carbonyl (C=O) groups is 2. The number of rotatable bonds is 38. The molecule has 0 aromatic rings. The second-order valence-electron chi connectivity index (χ2n) is 13.8. The summed E-state index contributed by atoms with van der Waals surface area (Å²) >= 11 is 0. The van der Waals surface area contributed by atoms with E-state index in [-0.39, 0.29) is 19.0 Å². The lowest BCUT2D eigenvalue weighted by Gasteiger charge is -2.19. The molecule has 48 heavy (non-hydrogen) atoms. The number of hydrogen-bond acceptors (Lipinski definition) is 7. The van der Waals surface area contributed by atoms with Crippen LogP contribution in [0, 0.1) is 0 Å². The van der Waals surface area contributed by atoms with Crippen LogP contribution in [0.15, 0.2) is 0 Å². The molecular weight excluding hydrogens is 627 g/mol. The van der Waals surface area contributed by atoms with Gasteiger partial charge in [0, 0.05) is 20.0 Å². The van der Waals surface area contributed by atoms with Crippen LogP contribution in [0.4, 0.5) is 0 Å². The minimum Gasteiger partial charge on any atom is -0.462 e. The summed E-state index contributed by atoms with van der Waals surface area (Å²) in [6, 6.07) is 0. The molecule has 0 radical (unpaired) electrons. The fourth-order valence-electron chi connectivity index (χ4n) is 5.95. The maximum atomic E-state index is 12.5. The monoisotopic (exact) mass is 705 g/mol. The van der Waals surface area contributed by atoms with E-state index < -0.39 is 26.5 Å². The van der Waals surface area contributed by atoms with Gasteiger partial charge in [-0.1, -0.05) is 187 Å². The minimum absolute atomic E-state index is 0.217. The lowest BCUT2D eigenvalue weighted by molar-refractivity contribution is -0.161. The van der Waals surface area contributed by atoms with Crippen molar-refractivity contribution in [3.63, 3.8) is 0 Å². The summed E-state index contributed by atoms with van der Waals surface area (Å²) < 4.78 is 31.9. The summed E-state index contributed by atoms with van der Waals surface area (Å²) in [6.45, 7) is 3.89. The second kappa shape index (κ2) is 35.9. The van der Waals surface area contributed by atoms with Crippen molar-refractivity contribution in [1.29, 1.82) is 0 Å². The number of carbonyl (C=O) groups excluding carboxylic acids is 2. The van der Waals surface area contributed by atoms with Gasteiger partial charge in [-0.25, -0.2) is 4.57 Å². The smallest absolute Gasteiger partial charge is 0.462 e. The van der Waals surface area contributed by atoms with Gasteiger partial charge in [0.1, 0.15) is 6.61 Å². The fraction of sp³-hybridized carbons (Fsp3) is 0.949. The molecule has 1 N–H and O–H groups in total. The maximum Gasteiger partial charge on any atom is 0.472 e. The van der Waals surface area contributed by atoms with Gasteiger partial charge in [-0.3, -0.25) is 18.6 Å². The zero-order valence-electron chi connectivity index (χ0n) is 31.7. The Bertz CT molecular complexity index is 762. The third kappa shape index (κ3) is 34.9.